The topological polar surface area (TPSA) is 46.1 Å². The number of aromatic nitrogens is 2. The molecule has 1 saturated heterocycles. The van der Waals surface area contributed by atoms with Crippen molar-refractivity contribution in [2.75, 3.05) is 13.1 Å². The summed E-state index contributed by atoms with van der Waals surface area (Å²) in [5.41, 5.74) is 4.03. The number of hydrogen-bond donors (Lipinski definition) is 0. The molecule has 0 bridgehead atoms. The molecular weight excluding hydrogens is 286 g/mol. The lowest BCUT2D eigenvalue weighted by molar-refractivity contribution is -0.135. The minimum Gasteiger partial charge on any atom is -0.342 e. The maximum absolute atomic E-state index is 12.5. The number of piperidine rings is 1. The summed E-state index contributed by atoms with van der Waals surface area (Å²) < 4.78 is 0. The number of rotatable bonds is 2. The Morgan fingerprint density at radius 3 is 2.52 bits per heavy atom. The molecule has 0 atom stereocenters. The highest BCUT2D eigenvalue weighted by Crippen LogP contribution is 2.76. The molecule has 1 aromatic rings. The van der Waals surface area contributed by atoms with Gasteiger partial charge in [0, 0.05) is 30.4 Å². The first-order valence-electron chi connectivity index (χ1n) is 9.33. The first-order chi connectivity index (χ1) is 11.2. The van der Waals surface area contributed by atoms with Gasteiger partial charge in [0.1, 0.15) is 5.82 Å². The summed E-state index contributed by atoms with van der Waals surface area (Å²) in [4.78, 5) is 24.4. The second-order valence-corrected chi connectivity index (χ2v) is 8.13. The Kier molecular flexibility index (Phi) is 2.90. The van der Waals surface area contributed by atoms with E-state index < -0.39 is 0 Å². The predicted molar refractivity (Wildman–Crippen MR) is 87.1 cm³/mol. The molecule has 122 valence electrons. The maximum atomic E-state index is 12.5. The minimum atomic E-state index is 0.131. The number of hydrogen-bond acceptors (Lipinski definition) is 3. The van der Waals surface area contributed by atoms with Crippen molar-refractivity contribution in [1.82, 2.24) is 14.9 Å². The third-order valence-corrected chi connectivity index (χ3v) is 6.66. The van der Waals surface area contributed by atoms with Crippen molar-refractivity contribution in [2.24, 2.45) is 11.3 Å². The molecule has 0 N–H and O–H groups in total. The number of likely N-dealkylation sites (tertiary alicyclic amines) is 1. The number of fused-ring (bicyclic) bond motifs is 2. The smallest absolute Gasteiger partial charge is 0.229 e. The second kappa shape index (κ2) is 4.78. The normalized spacial score (nSPS) is 32.2. The second-order valence-electron chi connectivity index (χ2n) is 8.13. The third-order valence-electron chi connectivity index (χ3n) is 6.66. The van der Waals surface area contributed by atoms with Gasteiger partial charge >= 0.3 is 0 Å². The largest absolute Gasteiger partial charge is 0.342 e. The summed E-state index contributed by atoms with van der Waals surface area (Å²) in [6.07, 6.45) is 9.21. The van der Waals surface area contributed by atoms with E-state index in [0.29, 0.717) is 11.8 Å². The van der Waals surface area contributed by atoms with Crippen molar-refractivity contribution in [1.29, 1.82) is 0 Å². The molecule has 2 saturated carbocycles. The molecular formula is C19H25N3O. The van der Waals surface area contributed by atoms with E-state index in [9.17, 15) is 4.79 Å². The number of amides is 1. The van der Waals surface area contributed by atoms with E-state index in [0.717, 1.165) is 50.5 Å². The molecule has 3 aliphatic carbocycles. The number of aryl methyl sites for hydroxylation is 2. The number of carbonyl (C=O) groups excluding carboxylic acids is 1. The van der Waals surface area contributed by atoms with Crippen LogP contribution in [0.1, 0.15) is 67.2 Å². The van der Waals surface area contributed by atoms with Gasteiger partial charge < -0.3 is 4.90 Å². The molecule has 23 heavy (non-hydrogen) atoms. The molecule has 4 aliphatic rings. The van der Waals surface area contributed by atoms with Crippen LogP contribution in [0.3, 0.4) is 0 Å². The van der Waals surface area contributed by atoms with E-state index in [1.807, 2.05) is 0 Å². The molecule has 2 heterocycles. The molecule has 0 unspecified atom stereocenters. The minimum absolute atomic E-state index is 0.131. The van der Waals surface area contributed by atoms with Crippen molar-refractivity contribution in [3.8, 4) is 0 Å². The van der Waals surface area contributed by atoms with Crippen molar-refractivity contribution >= 4 is 5.91 Å². The summed E-state index contributed by atoms with van der Waals surface area (Å²) in [5, 5.41) is 0. The molecule has 1 aromatic heterocycles. The van der Waals surface area contributed by atoms with Crippen LogP contribution in [0.5, 0.6) is 0 Å². The van der Waals surface area contributed by atoms with Crippen molar-refractivity contribution in [3.05, 3.63) is 22.8 Å². The highest BCUT2D eigenvalue weighted by Gasteiger charge is 2.75. The average molecular weight is 311 g/mol. The van der Waals surface area contributed by atoms with E-state index in [2.05, 4.69) is 11.8 Å². The molecule has 0 aromatic carbocycles. The zero-order valence-electron chi connectivity index (χ0n) is 14.0. The Bertz CT molecular complexity index is 669. The summed E-state index contributed by atoms with van der Waals surface area (Å²) >= 11 is 0. The summed E-state index contributed by atoms with van der Waals surface area (Å²) in [6, 6.07) is 0. The van der Waals surface area contributed by atoms with Crippen molar-refractivity contribution < 1.29 is 4.79 Å². The molecule has 4 nitrogen and oxygen atoms in total. The highest BCUT2D eigenvalue weighted by molar-refractivity contribution is 5.90. The fourth-order valence-corrected chi connectivity index (χ4v) is 4.69. The Hall–Kier alpha value is -1.45. The van der Waals surface area contributed by atoms with E-state index in [4.69, 9.17) is 9.97 Å². The summed E-state index contributed by atoms with van der Waals surface area (Å²) in [7, 11) is 0. The van der Waals surface area contributed by atoms with Gasteiger partial charge in [-0.25, -0.2) is 9.97 Å². The van der Waals surface area contributed by atoms with Crippen LogP contribution < -0.4 is 0 Å². The van der Waals surface area contributed by atoms with E-state index in [1.165, 1.54) is 42.6 Å². The zero-order chi connectivity index (χ0) is 15.6. The molecule has 0 radical (unpaired) electrons. The Morgan fingerprint density at radius 2 is 1.83 bits per heavy atom. The van der Waals surface area contributed by atoms with Crippen LogP contribution in [0.2, 0.25) is 0 Å². The molecule has 1 aliphatic heterocycles. The summed E-state index contributed by atoms with van der Waals surface area (Å²) in [5.74, 6) is 2.68. The first kappa shape index (κ1) is 13.9. The van der Waals surface area contributed by atoms with Crippen LogP contribution >= 0.6 is 0 Å². The quantitative estimate of drug-likeness (QED) is 0.844. The van der Waals surface area contributed by atoms with Gasteiger partial charge in [-0.15, -0.1) is 0 Å². The maximum Gasteiger partial charge on any atom is 0.229 e. The molecule has 1 amide bonds. The van der Waals surface area contributed by atoms with Gasteiger partial charge in [-0.1, -0.05) is 0 Å². The zero-order valence-corrected chi connectivity index (χ0v) is 14.0. The Labute approximate surface area is 137 Å². The fraction of sp³-hybridized carbons (Fsp3) is 0.737. The van der Waals surface area contributed by atoms with Gasteiger partial charge in [0.15, 0.2) is 0 Å². The van der Waals surface area contributed by atoms with E-state index >= 15 is 0 Å². The average Bonchev–Trinajstić information content (AvgIpc) is 3.45. The van der Waals surface area contributed by atoms with Gasteiger partial charge in [-0.3, -0.25) is 4.79 Å². The first-order valence-corrected chi connectivity index (χ1v) is 9.33. The molecule has 5 rings (SSSR count). The SMILES string of the molecule is Cc1nc(C2CCN(C(=O)C34CC3C4)CC2)nc2c1CCCC2. The number of nitrogens with zero attached hydrogens (tertiary/aromatic N) is 3. The van der Waals surface area contributed by atoms with Crippen molar-refractivity contribution in [2.45, 2.75) is 64.2 Å². The van der Waals surface area contributed by atoms with Gasteiger partial charge in [0.05, 0.1) is 5.41 Å². The van der Waals surface area contributed by atoms with Gasteiger partial charge in [-0.05, 0) is 69.8 Å². The lowest BCUT2D eigenvalue weighted by Gasteiger charge is -2.32. The predicted octanol–water partition coefficient (Wildman–Crippen LogP) is 2.78. The lowest BCUT2D eigenvalue weighted by atomic mass is 9.92. The lowest BCUT2D eigenvalue weighted by Crippen LogP contribution is -2.40. The third kappa shape index (κ3) is 2.14. The highest BCUT2D eigenvalue weighted by atomic mass is 16.2. The van der Waals surface area contributed by atoms with Crippen LogP contribution in [-0.2, 0) is 17.6 Å². The van der Waals surface area contributed by atoms with Crippen LogP contribution in [0.4, 0.5) is 0 Å². The van der Waals surface area contributed by atoms with Crippen LogP contribution in [0, 0.1) is 18.3 Å². The summed E-state index contributed by atoms with van der Waals surface area (Å²) in [6.45, 7) is 3.95. The van der Waals surface area contributed by atoms with Gasteiger partial charge in [0.25, 0.3) is 0 Å². The standard InChI is InChI=1S/C19H25N3O/c1-12-15-4-2-3-5-16(15)21-17(20-12)13-6-8-22(9-7-13)18(23)19-10-14(19)11-19/h13-14H,2-11H2,1H3. The Balaban J connectivity index is 1.30. The van der Waals surface area contributed by atoms with Crippen LogP contribution in [-0.4, -0.2) is 33.9 Å². The Morgan fingerprint density at radius 1 is 1.13 bits per heavy atom. The number of carbonyl (C=O) groups is 1. The van der Waals surface area contributed by atoms with Crippen LogP contribution in [0.15, 0.2) is 0 Å². The molecule has 4 heteroatoms. The van der Waals surface area contributed by atoms with Crippen molar-refractivity contribution in [3.63, 3.8) is 0 Å². The molecule has 0 spiro atoms. The van der Waals surface area contributed by atoms with Gasteiger partial charge in [-0.2, -0.15) is 0 Å². The van der Waals surface area contributed by atoms with Crippen LogP contribution in [0.25, 0.3) is 0 Å². The van der Waals surface area contributed by atoms with E-state index in [-0.39, 0.29) is 5.41 Å². The fourth-order valence-electron chi connectivity index (χ4n) is 4.69. The molecule has 3 fully saturated rings. The van der Waals surface area contributed by atoms with E-state index in [1.54, 1.807) is 0 Å². The monoisotopic (exact) mass is 311 g/mol. The van der Waals surface area contributed by atoms with Gasteiger partial charge in [0.2, 0.25) is 5.91 Å².